The summed E-state index contributed by atoms with van der Waals surface area (Å²) in [7, 11) is 1.68. The quantitative estimate of drug-likeness (QED) is 0.824. The summed E-state index contributed by atoms with van der Waals surface area (Å²) in [6.07, 6.45) is 0. The first-order valence-electron chi connectivity index (χ1n) is 5.49. The van der Waals surface area contributed by atoms with Crippen molar-refractivity contribution in [2.75, 3.05) is 19.0 Å². The summed E-state index contributed by atoms with van der Waals surface area (Å²) >= 11 is 0. The van der Waals surface area contributed by atoms with Crippen LogP contribution in [0.1, 0.15) is 13.8 Å². The monoisotopic (exact) mass is 240 g/mol. The molecule has 0 aliphatic heterocycles. The standard InChI is InChI=1S/C12H17FN2O2/c1-4-17-11-6-5-9(7-10(11)13)15-12(16)8(2)14-3/h5-8,14H,4H2,1-3H3,(H,15,16). The van der Waals surface area contributed by atoms with Gasteiger partial charge in [-0.25, -0.2) is 4.39 Å². The molecule has 0 bridgehead atoms. The van der Waals surface area contributed by atoms with E-state index >= 15 is 0 Å². The molecule has 0 aromatic heterocycles. The Morgan fingerprint density at radius 1 is 1.53 bits per heavy atom. The number of anilines is 1. The van der Waals surface area contributed by atoms with Gasteiger partial charge in [0.05, 0.1) is 12.6 Å². The molecule has 1 aromatic rings. The van der Waals surface area contributed by atoms with Gasteiger partial charge < -0.3 is 15.4 Å². The van der Waals surface area contributed by atoms with E-state index in [2.05, 4.69) is 10.6 Å². The van der Waals surface area contributed by atoms with Crippen LogP contribution in [0.25, 0.3) is 0 Å². The van der Waals surface area contributed by atoms with Gasteiger partial charge in [-0.15, -0.1) is 0 Å². The van der Waals surface area contributed by atoms with Crippen LogP contribution in [-0.2, 0) is 4.79 Å². The van der Waals surface area contributed by atoms with Crippen molar-refractivity contribution in [3.8, 4) is 5.75 Å². The summed E-state index contributed by atoms with van der Waals surface area (Å²) in [5.74, 6) is -0.509. The second kappa shape index (κ2) is 6.20. The van der Waals surface area contributed by atoms with Crippen LogP contribution < -0.4 is 15.4 Å². The maximum Gasteiger partial charge on any atom is 0.241 e. The maximum atomic E-state index is 13.5. The third-order valence-electron chi connectivity index (χ3n) is 2.33. The minimum Gasteiger partial charge on any atom is -0.491 e. The van der Waals surface area contributed by atoms with E-state index in [4.69, 9.17) is 4.74 Å². The third kappa shape index (κ3) is 3.71. The zero-order valence-electron chi connectivity index (χ0n) is 10.2. The molecule has 17 heavy (non-hydrogen) atoms. The minimum absolute atomic E-state index is 0.187. The first-order chi connectivity index (χ1) is 8.08. The highest BCUT2D eigenvalue weighted by Crippen LogP contribution is 2.21. The van der Waals surface area contributed by atoms with Gasteiger partial charge >= 0.3 is 0 Å². The van der Waals surface area contributed by atoms with E-state index in [1.807, 2.05) is 0 Å². The average Bonchev–Trinajstić information content (AvgIpc) is 2.31. The molecule has 5 heteroatoms. The summed E-state index contributed by atoms with van der Waals surface area (Å²) in [6.45, 7) is 3.91. The zero-order chi connectivity index (χ0) is 12.8. The number of carbonyl (C=O) groups excluding carboxylic acids is 1. The summed E-state index contributed by atoms with van der Waals surface area (Å²) in [5.41, 5.74) is 0.415. The van der Waals surface area contributed by atoms with Crippen molar-refractivity contribution in [2.45, 2.75) is 19.9 Å². The summed E-state index contributed by atoms with van der Waals surface area (Å²) < 4.78 is 18.5. The Morgan fingerprint density at radius 3 is 2.76 bits per heavy atom. The van der Waals surface area contributed by atoms with Crippen molar-refractivity contribution in [3.05, 3.63) is 24.0 Å². The van der Waals surface area contributed by atoms with Crippen molar-refractivity contribution in [1.29, 1.82) is 0 Å². The Bertz CT molecular complexity index is 396. The average molecular weight is 240 g/mol. The molecule has 1 amide bonds. The number of ether oxygens (including phenoxy) is 1. The number of benzene rings is 1. The highest BCUT2D eigenvalue weighted by molar-refractivity contribution is 5.94. The Kier molecular flexibility index (Phi) is 4.90. The van der Waals surface area contributed by atoms with Crippen LogP contribution in [0.15, 0.2) is 18.2 Å². The first kappa shape index (κ1) is 13.4. The van der Waals surface area contributed by atoms with Crippen LogP contribution in [0.2, 0.25) is 0 Å². The molecule has 1 aromatic carbocycles. The molecule has 0 aliphatic carbocycles. The number of hydrogen-bond donors (Lipinski definition) is 2. The van der Waals surface area contributed by atoms with Crippen LogP contribution in [0.3, 0.4) is 0 Å². The second-order valence-corrected chi connectivity index (χ2v) is 3.58. The molecule has 0 radical (unpaired) electrons. The molecule has 1 unspecified atom stereocenters. The van der Waals surface area contributed by atoms with Crippen molar-refractivity contribution in [1.82, 2.24) is 5.32 Å². The van der Waals surface area contributed by atoms with Gasteiger partial charge in [-0.05, 0) is 33.0 Å². The molecular weight excluding hydrogens is 223 g/mol. The van der Waals surface area contributed by atoms with E-state index in [9.17, 15) is 9.18 Å². The number of nitrogens with one attached hydrogen (secondary N) is 2. The lowest BCUT2D eigenvalue weighted by Crippen LogP contribution is -2.35. The van der Waals surface area contributed by atoms with E-state index in [0.717, 1.165) is 0 Å². The fourth-order valence-electron chi connectivity index (χ4n) is 1.23. The van der Waals surface area contributed by atoms with Crippen molar-refractivity contribution >= 4 is 11.6 Å². The van der Waals surface area contributed by atoms with Crippen molar-refractivity contribution in [3.63, 3.8) is 0 Å². The molecule has 0 saturated carbocycles. The van der Waals surface area contributed by atoms with E-state index in [1.165, 1.54) is 12.1 Å². The third-order valence-corrected chi connectivity index (χ3v) is 2.33. The molecule has 4 nitrogen and oxygen atoms in total. The Labute approximate surface area is 100 Å². The summed E-state index contributed by atoms with van der Waals surface area (Å²) in [6, 6.07) is 4.02. The normalized spacial score (nSPS) is 12.0. The van der Waals surface area contributed by atoms with E-state index in [-0.39, 0.29) is 17.7 Å². The van der Waals surface area contributed by atoms with Crippen molar-refractivity contribution < 1.29 is 13.9 Å². The van der Waals surface area contributed by atoms with Gasteiger partial charge in [-0.2, -0.15) is 0 Å². The van der Waals surface area contributed by atoms with Crippen LogP contribution in [-0.4, -0.2) is 25.6 Å². The molecule has 1 rings (SSSR count). The van der Waals surface area contributed by atoms with Crippen LogP contribution >= 0.6 is 0 Å². The number of amides is 1. The van der Waals surface area contributed by atoms with Crippen LogP contribution in [0, 0.1) is 5.82 Å². The Morgan fingerprint density at radius 2 is 2.24 bits per heavy atom. The molecule has 2 N–H and O–H groups in total. The highest BCUT2D eigenvalue weighted by Gasteiger charge is 2.11. The second-order valence-electron chi connectivity index (χ2n) is 3.58. The molecule has 0 saturated heterocycles. The van der Waals surface area contributed by atoms with Crippen LogP contribution in [0.4, 0.5) is 10.1 Å². The van der Waals surface area contributed by atoms with Gasteiger partial charge in [0, 0.05) is 11.8 Å². The van der Waals surface area contributed by atoms with Gasteiger partial charge in [0.25, 0.3) is 0 Å². The summed E-state index contributed by atoms with van der Waals surface area (Å²) in [4.78, 5) is 11.5. The van der Waals surface area contributed by atoms with E-state index in [0.29, 0.717) is 12.3 Å². The fraction of sp³-hybridized carbons (Fsp3) is 0.417. The summed E-state index contributed by atoms with van der Waals surface area (Å²) in [5, 5.41) is 5.41. The first-order valence-corrected chi connectivity index (χ1v) is 5.49. The smallest absolute Gasteiger partial charge is 0.241 e. The van der Waals surface area contributed by atoms with Gasteiger partial charge in [0.1, 0.15) is 0 Å². The predicted octanol–water partition coefficient (Wildman–Crippen LogP) is 1.77. The highest BCUT2D eigenvalue weighted by atomic mass is 19.1. The number of rotatable bonds is 5. The fourth-order valence-corrected chi connectivity index (χ4v) is 1.23. The number of halogens is 1. The lowest BCUT2D eigenvalue weighted by molar-refractivity contribution is -0.117. The molecule has 0 spiro atoms. The van der Waals surface area contributed by atoms with Gasteiger partial charge in [0.2, 0.25) is 5.91 Å². The minimum atomic E-state index is -0.484. The van der Waals surface area contributed by atoms with Crippen molar-refractivity contribution in [2.24, 2.45) is 0 Å². The molecule has 0 aliphatic rings. The number of hydrogen-bond acceptors (Lipinski definition) is 3. The maximum absolute atomic E-state index is 13.5. The number of carbonyl (C=O) groups is 1. The lowest BCUT2D eigenvalue weighted by Gasteiger charge is -2.12. The Balaban J connectivity index is 2.73. The molecule has 0 heterocycles. The largest absolute Gasteiger partial charge is 0.491 e. The van der Waals surface area contributed by atoms with Crippen LogP contribution in [0.5, 0.6) is 5.75 Å². The topological polar surface area (TPSA) is 50.4 Å². The predicted molar refractivity (Wildman–Crippen MR) is 64.7 cm³/mol. The zero-order valence-corrected chi connectivity index (χ0v) is 10.2. The van der Waals surface area contributed by atoms with Gasteiger partial charge in [0.15, 0.2) is 11.6 Å². The molecule has 1 atom stereocenters. The Hall–Kier alpha value is -1.62. The number of likely N-dealkylation sites (N-methyl/N-ethyl adjacent to an activating group) is 1. The lowest BCUT2D eigenvalue weighted by atomic mass is 10.2. The van der Waals surface area contributed by atoms with E-state index < -0.39 is 5.82 Å². The SMILES string of the molecule is CCOc1ccc(NC(=O)C(C)NC)cc1F. The molecule has 0 fully saturated rings. The van der Waals surface area contributed by atoms with Gasteiger partial charge in [-0.1, -0.05) is 0 Å². The molecule has 94 valence electrons. The van der Waals surface area contributed by atoms with Gasteiger partial charge in [-0.3, -0.25) is 4.79 Å². The van der Waals surface area contributed by atoms with E-state index in [1.54, 1.807) is 27.0 Å². The molecular formula is C12H17FN2O2.